The second-order valence-corrected chi connectivity index (χ2v) is 5.88. The largest absolute Gasteiger partial charge is 0.493 e. The first-order chi connectivity index (χ1) is 9.58. The summed E-state index contributed by atoms with van der Waals surface area (Å²) >= 11 is 3.43. The highest BCUT2D eigenvalue weighted by Crippen LogP contribution is 2.39. The van der Waals surface area contributed by atoms with Gasteiger partial charge in [-0.05, 0) is 30.2 Å². The van der Waals surface area contributed by atoms with Crippen molar-refractivity contribution in [3.8, 4) is 5.75 Å². The summed E-state index contributed by atoms with van der Waals surface area (Å²) in [5.41, 5.74) is 2.45. The van der Waals surface area contributed by atoms with E-state index in [-0.39, 0.29) is 11.4 Å². The molecule has 1 heterocycles. The molecule has 0 bridgehead atoms. The molecule has 0 amide bonds. The third kappa shape index (κ3) is 2.23. The van der Waals surface area contributed by atoms with E-state index in [2.05, 4.69) is 15.9 Å². The molecule has 4 heteroatoms. The Morgan fingerprint density at radius 2 is 2.10 bits per heavy atom. The number of ether oxygens (including phenoxy) is 1. The summed E-state index contributed by atoms with van der Waals surface area (Å²) in [6.07, 6.45) is -0.218. The lowest BCUT2D eigenvalue weighted by molar-refractivity contribution is 0.208. The van der Waals surface area contributed by atoms with Gasteiger partial charge in [0.2, 0.25) is 0 Å². The minimum absolute atomic E-state index is 0.279. The zero-order chi connectivity index (χ0) is 14.3. The Labute approximate surface area is 125 Å². The van der Waals surface area contributed by atoms with Gasteiger partial charge in [0.05, 0.1) is 6.61 Å². The highest BCUT2D eigenvalue weighted by molar-refractivity contribution is 9.10. The number of aliphatic hydroxyl groups excluding tert-OH is 1. The molecule has 104 valence electrons. The lowest BCUT2D eigenvalue weighted by Crippen LogP contribution is -2.05. The predicted octanol–water partition coefficient (Wildman–Crippen LogP) is 3.91. The molecular weight excluding hydrogens is 323 g/mol. The molecule has 0 saturated heterocycles. The normalized spacial score (nSPS) is 14.8. The van der Waals surface area contributed by atoms with E-state index in [1.807, 2.05) is 6.07 Å². The molecule has 0 aromatic heterocycles. The predicted molar refractivity (Wildman–Crippen MR) is 78.5 cm³/mol. The van der Waals surface area contributed by atoms with E-state index in [9.17, 15) is 9.50 Å². The number of aliphatic hydroxyl groups is 1. The van der Waals surface area contributed by atoms with E-state index in [0.717, 1.165) is 16.5 Å². The Balaban J connectivity index is 2.11. The molecule has 0 radical (unpaired) electrons. The smallest absolute Gasteiger partial charge is 0.132 e. The Bertz CT molecular complexity index is 670. The zero-order valence-corrected chi connectivity index (χ0v) is 12.6. The zero-order valence-electron chi connectivity index (χ0n) is 11.0. The molecular formula is C16H14BrFO2. The van der Waals surface area contributed by atoms with Crippen LogP contribution in [0.5, 0.6) is 5.75 Å². The van der Waals surface area contributed by atoms with Crippen molar-refractivity contribution < 1.29 is 14.2 Å². The third-order valence-corrected chi connectivity index (χ3v) is 4.05. The standard InChI is InChI=1S/C16H14BrFO2/c1-9-3-2-4-12(14(9)18)15(19)13-8-11(17)7-10-5-6-20-16(10)13/h2-4,7-8,15,19H,5-6H2,1H3. The van der Waals surface area contributed by atoms with Crippen LogP contribution >= 0.6 is 15.9 Å². The number of fused-ring (bicyclic) bond motifs is 1. The number of halogens is 2. The minimum atomic E-state index is -1.03. The Kier molecular flexibility index (Phi) is 3.52. The van der Waals surface area contributed by atoms with E-state index in [4.69, 9.17) is 4.74 Å². The average molecular weight is 337 g/mol. The molecule has 1 unspecified atom stereocenters. The van der Waals surface area contributed by atoms with Gasteiger partial charge in [-0.1, -0.05) is 34.1 Å². The number of rotatable bonds is 2. The van der Waals surface area contributed by atoms with E-state index < -0.39 is 6.10 Å². The van der Waals surface area contributed by atoms with E-state index in [1.165, 1.54) is 0 Å². The quantitative estimate of drug-likeness (QED) is 0.900. The van der Waals surface area contributed by atoms with Crippen molar-refractivity contribution in [2.75, 3.05) is 6.61 Å². The second kappa shape index (κ2) is 5.19. The molecule has 0 aliphatic carbocycles. The summed E-state index contributed by atoms with van der Waals surface area (Å²) in [7, 11) is 0. The maximum Gasteiger partial charge on any atom is 0.132 e. The number of hydrogen-bond acceptors (Lipinski definition) is 2. The maximum atomic E-state index is 14.2. The van der Waals surface area contributed by atoms with Gasteiger partial charge in [-0.25, -0.2) is 4.39 Å². The third-order valence-electron chi connectivity index (χ3n) is 3.59. The van der Waals surface area contributed by atoms with Gasteiger partial charge < -0.3 is 9.84 Å². The summed E-state index contributed by atoms with van der Waals surface area (Å²) in [6, 6.07) is 8.81. The topological polar surface area (TPSA) is 29.5 Å². The number of hydrogen-bond donors (Lipinski definition) is 1. The number of aryl methyl sites for hydroxylation is 1. The molecule has 0 spiro atoms. The van der Waals surface area contributed by atoms with Gasteiger partial charge in [0.15, 0.2) is 0 Å². The van der Waals surface area contributed by atoms with Crippen LogP contribution < -0.4 is 4.74 Å². The van der Waals surface area contributed by atoms with Crippen LogP contribution in [0.2, 0.25) is 0 Å². The second-order valence-electron chi connectivity index (χ2n) is 4.96. The Morgan fingerprint density at radius 1 is 1.30 bits per heavy atom. The maximum absolute atomic E-state index is 14.2. The fourth-order valence-electron chi connectivity index (χ4n) is 2.55. The van der Waals surface area contributed by atoms with Crippen LogP contribution in [0.25, 0.3) is 0 Å². The van der Waals surface area contributed by atoms with Crippen LogP contribution in [0.1, 0.15) is 28.4 Å². The van der Waals surface area contributed by atoms with Gasteiger partial charge in [-0.2, -0.15) is 0 Å². The van der Waals surface area contributed by atoms with Crippen molar-refractivity contribution in [1.82, 2.24) is 0 Å². The van der Waals surface area contributed by atoms with Crippen LogP contribution in [0, 0.1) is 12.7 Å². The Hall–Kier alpha value is -1.39. The van der Waals surface area contributed by atoms with Crippen molar-refractivity contribution in [3.63, 3.8) is 0 Å². The molecule has 0 fully saturated rings. The lowest BCUT2D eigenvalue weighted by Gasteiger charge is -2.17. The first-order valence-corrected chi connectivity index (χ1v) is 7.25. The summed E-state index contributed by atoms with van der Waals surface area (Å²) in [6.45, 7) is 2.29. The summed E-state index contributed by atoms with van der Waals surface area (Å²) in [5, 5.41) is 10.5. The fraction of sp³-hybridized carbons (Fsp3) is 0.250. The Morgan fingerprint density at radius 3 is 2.90 bits per heavy atom. The van der Waals surface area contributed by atoms with Crippen molar-refractivity contribution >= 4 is 15.9 Å². The molecule has 2 nitrogen and oxygen atoms in total. The van der Waals surface area contributed by atoms with E-state index >= 15 is 0 Å². The van der Waals surface area contributed by atoms with Crippen LogP contribution in [-0.2, 0) is 6.42 Å². The van der Waals surface area contributed by atoms with Gasteiger partial charge in [0.25, 0.3) is 0 Å². The van der Waals surface area contributed by atoms with Gasteiger partial charge in [-0.3, -0.25) is 0 Å². The molecule has 1 aliphatic heterocycles. The summed E-state index contributed by atoms with van der Waals surface area (Å²) in [4.78, 5) is 0. The molecule has 1 atom stereocenters. The minimum Gasteiger partial charge on any atom is -0.493 e. The average Bonchev–Trinajstić information content (AvgIpc) is 2.88. The first kappa shape index (κ1) is 13.6. The highest BCUT2D eigenvalue weighted by atomic mass is 79.9. The molecule has 1 N–H and O–H groups in total. The van der Waals surface area contributed by atoms with Gasteiger partial charge in [0.1, 0.15) is 17.7 Å². The lowest BCUT2D eigenvalue weighted by atomic mass is 9.96. The molecule has 20 heavy (non-hydrogen) atoms. The van der Waals surface area contributed by atoms with Gasteiger partial charge in [-0.15, -0.1) is 0 Å². The van der Waals surface area contributed by atoms with Crippen molar-refractivity contribution in [1.29, 1.82) is 0 Å². The molecule has 1 aliphatic rings. The van der Waals surface area contributed by atoms with Crippen molar-refractivity contribution in [2.24, 2.45) is 0 Å². The van der Waals surface area contributed by atoms with Crippen LogP contribution in [0.4, 0.5) is 4.39 Å². The monoisotopic (exact) mass is 336 g/mol. The van der Waals surface area contributed by atoms with Crippen LogP contribution in [-0.4, -0.2) is 11.7 Å². The van der Waals surface area contributed by atoms with Gasteiger partial charge >= 0.3 is 0 Å². The molecule has 0 saturated carbocycles. The summed E-state index contributed by atoms with van der Waals surface area (Å²) < 4.78 is 20.6. The van der Waals surface area contributed by atoms with Crippen LogP contribution in [0.15, 0.2) is 34.8 Å². The summed E-state index contributed by atoms with van der Waals surface area (Å²) in [5.74, 6) is 0.313. The van der Waals surface area contributed by atoms with E-state index in [0.29, 0.717) is 23.5 Å². The first-order valence-electron chi connectivity index (χ1n) is 6.46. The number of benzene rings is 2. The van der Waals surface area contributed by atoms with Gasteiger partial charge in [0, 0.05) is 22.0 Å². The fourth-order valence-corrected chi connectivity index (χ4v) is 3.07. The molecule has 3 rings (SSSR count). The van der Waals surface area contributed by atoms with Crippen molar-refractivity contribution in [2.45, 2.75) is 19.4 Å². The van der Waals surface area contributed by atoms with Crippen molar-refractivity contribution in [3.05, 3.63) is 62.9 Å². The highest BCUT2D eigenvalue weighted by Gasteiger charge is 2.25. The van der Waals surface area contributed by atoms with Crippen LogP contribution in [0.3, 0.4) is 0 Å². The van der Waals surface area contributed by atoms with E-state index in [1.54, 1.807) is 31.2 Å². The molecule has 2 aromatic rings. The molecule has 2 aromatic carbocycles. The SMILES string of the molecule is Cc1cccc(C(O)c2cc(Br)cc3c2OCC3)c1F.